The summed E-state index contributed by atoms with van der Waals surface area (Å²) in [4.78, 5) is 7.13. The molecule has 3 aliphatic rings. The predicted octanol–water partition coefficient (Wildman–Crippen LogP) is 1.82. The highest BCUT2D eigenvalue weighted by Crippen LogP contribution is 2.42. The topological polar surface area (TPSA) is 68.2 Å². The molecule has 2 bridgehead atoms. The summed E-state index contributed by atoms with van der Waals surface area (Å²) in [6.45, 7) is 0. The highest BCUT2D eigenvalue weighted by molar-refractivity contribution is 5.07. The number of fused-ring (bicyclic) bond motifs is 2. The van der Waals surface area contributed by atoms with Gasteiger partial charge in [-0.1, -0.05) is 5.16 Å². The molecule has 0 spiro atoms. The van der Waals surface area contributed by atoms with E-state index >= 15 is 0 Å². The van der Waals surface area contributed by atoms with Crippen molar-refractivity contribution in [1.82, 2.24) is 15.0 Å². The fourth-order valence-electron chi connectivity index (χ4n) is 3.83. The molecule has 5 nitrogen and oxygen atoms in total. The van der Waals surface area contributed by atoms with Crippen LogP contribution in [0.2, 0.25) is 0 Å². The van der Waals surface area contributed by atoms with Crippen LogP contribution in [0.5, 0.6) is 0 Å². The predicted molar refractivity (Wildman–Crippen MR) is 70.5 cm³/mol. The quantitative estimate of drug-likeness (QED) is 0.900. The first-order chi connectivity index (χ1) is 9.22. The minimum absolute atomic E-state index is 0.0377. The van der Waals surface area contributed by atoms with Crippen molar-refractivity contribution in [1.29, 1.82) is 0 Å². The highest BCUT2D eigenvalue weighted by atomic mass is 16.5. The second kappa shape index (κ2) is 4.28. The summed E-state index contributed by atoms with van der Waals surface area (Å²) in [5.41, 5.74) is 6.13. The Kier molecular flexibility index (Phi) is 2.67. The van der Waals surface area contributed by atoms with Gasteiger partial charge in [0.25, 0.3) is 0 Å². The summed E-state index contributed by atoms with van der Waals surface area (Å²) in [6.07, 6.45) is 7.40. The zero-order chi connectivity index (χ0) is 13.0. The SMILES string of the molecule is CN1C2CCC1CC(c1noc(C(N)C3CC3)n1)C2. The van der Waals surface area contributed by atoms with Crippen LogP contribution in [0.25, 0.3) is 0 Å². The van der Waals surface area contributed by atoms with E-state index in [9.17, 15) is 0 Å². The average Bonchev–Trinajstić information content (AvgIpc) is 3.12. The molecule has 3 heterocycles. The van der Waals surface area contributed by atoms with Crippen molar-refractivity contribution in [3.8, 4) is 0 Å². The molecule has 1 aliphatic carbocycles. The molecule has 1 aromatic rings. The molecule has 2 N–H and O–H groups in total. The Morgan fingerprint density at radius 1 is 1.21 bits per heavy atom. The monoisotopic (exact) mass is 262 g/mol. The lowest BCUT2D eigenvalue weighted by Gasteiger charge is -2.34. The summed E-state index contributed by atoms with van der Waals surface area (Å²) >= 11 is 0. The molecule has 0 aromatic carbocycles. The number of nitrogens with zero attached hydrogens (tertiary/aromatic N) is 3. The molecule has 0 amide bonds. The largest absolute Gasteiger partial charge is 0.338 e. The third-order valence-corrected chi connectivity index (χ3v) is 5.34. The van der Waals surface area contributed by atoms with Crippen LogP contribution in [0.15, 0.2) is 4.52 Å². The van der Waals surface area contributed by atoms with Gasteiger partial charge in [0.1, 0.15) is 0 Å². The molecule has 5 heteroatoms. The molecule has 2 aliphatic heterocycles. The van der Waals surface area contributed by atoms with Crippen molar-refractivity contribution >= 4 is 0 Å². The van der Waals surface area contributed by atoms with Crippen LogP contribution < -0.4 is 5.73 Å². The number of aromatic nitrogens is 2. The van der Waals surface area contributed by atoms with Crippen LogP contribution in [-0.2, 0) is 0 Å². The third kappa shape index (κ3) is 1.99. The summed E-state index contributed by atoms with van der Waals surface area (Å²) in [5, 5.41) is 4.21. The Morgan fingerprint density at radius 2 is 1.89 bits per heavy atom. The average molecular weight is 262 g/mol. The van der Waals surface area contributed by atoms with Crippen LogP contribution >= 0.6 is 0 Å². The second-order valence-electron chi connectivity index (χ2n) is 6.57. The van der Waals surface area contributed by atoms with E-state index in [1.54, 1.807) is 0 Å². The van der Waals surface area contributed by atoms with Gasteiger partial charge in [0, 0.05) is 18.0 Å². The van der Waals surface area contributed by atoms with Gasteiger partial charge in [-0.2, -0.15) is 4.98 Å². The van der Waals surface area contributed by atoms with E-state index in [0.29, 0.717) is 29.8 Å². The number of rotatable bonds is 3. The van der Waals surface area contributed by atoms with Crippen LogP contribution in [0, 0.1) is 5.92 Å². The lowest BCUT2D eigenvalue weighted by Crippen LogP contribution is -2.39. The van der Waals surface area contributed by atoms with Crippen molar-refractivity contribution < 1.29 is 4.52 Å². The first-order valence-corrected chi connectivity index (χ1v) is 7.53. The molecular weight excluding hydrogens is 240 g/mol. The second-order valence-corrected chi connectivity index (χ2v) is 6.57. The molecule has 0 radical (unpaired) electrons. The van der Waals surface area contributed by atoms with E-state index in [1.165, 1.54) is 38.5 Å². The van der Waals surface area contributed by atoms with Crippen molar-refractivity contribution in [3.63, 3.8) is 0 Å². The van der Waals surface area contributed by atoms with E-state index in [1.807, 2.05) is 0 Å². The Labute approximate surface area is 113 Å². The summed E-state index contributed by atoms with van der Waals surface area (Å²) in [6, 6.07) is 1.38. The zero-order valence-electron chi connectivity index (χ0n) is 11.5. The first-order valence-electron chi connectivity index (χ1n) is 7.53. The number of hydrogen-bond acceptors (Lipinski definition) is 5. The minimum Gasteiger partial charge on any atom is -0.338 e. The molecular formula is C14H22N4O. The molecule has 104 valence electrons. The van der Waals surface area contributed by atoms with Gasteiger partial charge in [-0.3, -0.25) is 0 Å². The molecule has 4 rings (SSSR count). The Morgan fingerprint density at radius 3 is 2.53 bits per heavy atom. The van der Waals surface area contributed by atoms with Gasteiger partial charge in [-0.15, -0.1) is 0 Å². The fraction of sp³-hybridized carbons (Fsp3) is 0.857. The van der Waals surface area contributed by atoms with Crippen LogP contribution in [-0.4, -0.2) is 34.2 Å². The van der Waals surface area contributed by atoms with Crippen LogP contribution in [0.4, 0.5) is 0 Å². The molecule has 3 atom stereocenters. The molecule has 19 heavy (non-hydrogen) atoms. The van der Waals surface area contributed by atoms with Crippen molar-refractivity contribution in [2.24, 2.45) is 11.7 Å². The van der Waals surface area contributed by atoms with E-state index in [2.05, 4.69) is 22.1 Å². The first kappa shape index (κ1) is 11.9. The van der Waals surface area contributed by atoms with Gasteiger partial charge in [0.2, 0.25) is 5.89 Å². The third-order valence-electron chi connectivity index (χ3n) is 5.34. The van der Waals surface area contributed by atoms with E-state index in [4.69, 9.17) is 10.3 Å². The molecule has 3 unspecified atom stereocenters. The van der Waals surface area contributed by atoms with Gasteiger partial charge in [0.15, 0.2) is 5.82 Å². The van der Waals surface area contributed by atoms with Gasteiger partial charge in [-0.25, -0.2) is 0 Å². The number of nitrogens with two attached hydrogens (primary N) is 1. The van der Waals surface area contributed by atoms with Gasteiger partial charge in [-0.05, 0) is 51.5 Å². The lowest BCUT2D eigenvalue weighted by molar-refractivity contribution is 0.157. The number of piperidine rings is 1. The Bertz CT molecular complexity index is 456. The Hall–Kier alpha value is -0.940. The Balaban J connectivity index is 1.50. The molecule has 2 saturated heterocycles. The van der Waals surface area contributed by atoms with Gasteiger partial charge < -0.3 is 15.2 Å². The highest BCUT2D eigenvalue weighted by Gasteiger charge is 2.41. The minimum atomic E-state index is -0.0377. The van der Waals surface area contributed by atoms with Crippen molar-refractivity contribution in [2.45, 2.75) is 62.6 Å². The number of hydrogen-bond donors (Lipinski definition) is 1. The molecule has 1 saturated carbocycles. The zero-order valence-corrected chi connectivity index (χ0v) is 11.5. The summed E-state index contributed by atoms with van der Waals surface area (Å²) in [7, 11) is 2.25. The standard InChI is InChI=1S/C14H22N4O/c1-18-10-4-5-11(18)7-9(6-10)13-16-14(19-17-13)12(15)8-2-3-8/h8-12H,2-7,15H2,1H3. The maximum atomic E-state index is 6.13. The van der Waals surface area contributed by atoms with Gasteiger partial charge in [0.05, 0.1) is 6.04 Å². The van der Waals surface area contributed by atoms with E-state index < -0.39 is 0 Å². The normalized spacial score (nSPS) is 36.6. The maximum absolute atomic E-state index is 6.13. The van der Waals surface area contributed by atoms with Crippen molar-refractivity contribution in [2.75, 3.05) is 7.05 Å². The lowest BCUT2D eigenvalue weighted by atomic mass is 9.90. The van der Waals surface area contributed by atoms with Crippen LogP contribution in [0.1, 0.15) is 62.2 Å². The fourth-order valence-corrected chi connectivity index (χ4v) is 3.83. The molecule has 3 fully saturated rings. The molecule has 1 aromatic heterocycles. The van der Waals surface area contributed by atoms with Crippen molar-refractivity contribution in [3.05, 3.63) is 11.7 Å². The van der Waals surface area contributed by atoms with Gasteiger partial charge >= 0.3 is 0 Å². The summed E-state index contributed by atoms with van der Waals surface area (Å²) in [5.74, 6) is 2.60. The smallest absolute Gasteiger partial charge is 0.243 e. The van der Waals surface area contributed by atoms with E-state index in [0.717, 1.165) is 5.82 Å². The maximum Gasteiger partial charge on any atom is 0.243 e. The van der Waals surface area contributed by atoms with E-state index in [-0.39, 0.29) is 6.04 Å². The summed E-state index contributed by atoms with van der Waals surface area (Å²) < 4.78 is 5.40. The van der Waals surface area contributed by atoms with Crippen LogP contribution in [0.3, 0.4) is 0 Å².